The van der Waals surface area contributed by atoms with E-state index < -0.39 is 0 Å². The summed E-state index contributed by atoms with van der Waals surface area (Å²) in [5.41, 5.74) is 0.890. The van der Waals surface area contributed by atoms with Gasteiger partial charge in [-0.05, 0) is 24.4 Å². The zero-order chi connectivity index (χ0) is 9.26. The number of rotatable bonds is 1. The third kappa shape index (κ3) is 1.42. The van der Waals surface area contributed by atoms with E-state index in [0.717, 1.165) is 10.6 Å². The van der Waals surface area contributed by atoms with Crippen molar-refractivity contribution in [2.75, 3.05) is 0 Å². The number of hydrogen-bond donors (Lipinski definition) is 1. The number of hydrazone groups is 1. The first kappa shape index (κ1) is 8.26. The molecule has 0 aliphatic rings. The fourth-order valence-corrected chi connectivity index (χ4v) is 2.24. The quantitative estimate of drug-likeness (QED) is 0.419. The number of thiophene rings is 1. The Kier molecular flexibility index (Phi) is 2.02. The number of benzene rings is 1. The second-order valence-corrected chi connectivity index (χ2v) is 3.95. The molecule has 0 saturated heterocycles. The van der Waals surface area contributed by atoms with Crippen LogP contribution in [-0.4, -0.2) is 5.71 Å². The van der Waals surface area contributed by atoms with Crippen molar-refractivity contribution in [2.24, 2.45) is 10.9 Å². The van der Waals surface area contributed by atoms with Crippen LogP contribution in [-0.2, 0) is 0 Å². The van der Waals surface area contributed by atoms with E-state index >= 15 is 0 Å². The number of nitrogens with zero attached hydrogens (tertiary/aromatic N) is 1. The molecule has 2 N–H and O–H groups in total. The highest BCUT2D eigenvalue weighted by Gasteiger charge is 2.02. The van der Waals surface area contributed by atoms with Crippen molar-refractivity contribution in [2.45, 2.75) is 6.92 Å². The van der Waals surface area contributed by atoms with E-state index in [9.17, 15) is 0 Å². The van der Waals surface area contributed by atoms with Crippen molar-refractivity contribution in [3.05, 3.63) is 35.2 Å². The molecular weight excluding hydrogens is 180 g/mol. The summed E-state index contributed by atoms with van der Waals surface area (Å²) in [5, 5.41) is 4.94. The molecule has 0 atom stereocenters. The van der Waals surface area contributed by atoms with Crippen LogP contribution in [0.1, 0.15) is 11.8 Å². The highest BCUT2D eigenvalue weighted by Crippen LogP contribution is 2.25. The van der Waals surface area contributed by atoms with Gasteiger partial charge in [-0.25, -0.2) is 0 Å². The molecule has 0 fully saturated rings. The van der Waals surface area contributed by atoms with E-state index in [4.69, 9.17) is 5.84 Å². The van der Waals surface area contributed by atoms with Crippen LogP contribution >= 0.6 is 11.3 Å². The van der Waals surface area contributed by atoms with Crippen molar-refractivity contribution in [1.29, 1.82) is 0 Å². The Morgan fingerprint density at radius 3 is 2.85 bits per heavy atom. The van der Waals surface area contributed by atoms with Crippen LogP contribution in [0, 0.1) is 0 Å². The summed E-state index contributed by atoms with van der Waals surface area (Å²) in [6.07, 6.45) is 0. The Morgan fingerprint density at radius 2 is 2.15 bits per heavy atom. The molecule has 0 aliphatic heterocycles. The van der Waals surface area contributed by atoms with Crippen LogP contribution in [0.2, 0.25) is 0 Å². The standard InChI is InChI=1S/C10H10N2S/c1-7(12-11)10-6-8-4-2-3-5-9(8)13-10/h2-6H,11H2,1H3/b12-7+. The summed E-state index contributed by atoms with van der Waals surface area (Å²) in [5.74, 6) is 5.22. The van der Waals surface area contributed by atoms with Crippen LogP contribution in [0.25, 0.3) is 10.1 Å². The molecule has 3 heteroatoms. The molecule has 0 radical (unpaired) electrons. The lowest BCUT2D eigenvalue weighted by molar-refractivity contribution is 1.24. The van der Waals surface area contributed by atoms with E-state index in [1.165, 1.54) is 10.1 Å². The molecule has 0 bridgehead atoms. The molecular formula is C10H10N2S. The zero-order valence-electron chi connectivity index (χ0n) is 7.32. The summed E-state index contributed by atoms with van der Waals surface area (Å²) in [6, 6.07) is 10.4. The van der Waals surface area contributed by atoms with Gasteiger partial charge in [-0.15, -0.1) is 11.3 Å². The third-order valence-electron chi connectivity index (χ3n) is 1.98. The monoisotopic (exact) mass is 190 g/mol. The van der Waals surface area contributed by atoms with Gasteiger partial charge in [0.15, 0.2) is 0 Å². The molecule has 2 rings (SSSR count). The highest BCUT2D eigenvalue weighted by molar-refractivity contribution is 7.20. The largest absolute Gasteiger partial charge is 0.323 e. The molecule has 13 heavy (non-hydrogen) atoms. The fourth-order valence-electron chi connectivity index (χ4n) is 1.22. The maximum Gasteiger partial charge on any atom is 0.0741 e. The predicted molar refractivity (Wildman–Crippen MR) is 58.2 cm³/mol. The molecule has 0 aliphatic carbocycles. The summed E-state index contributed by atoms with van der Waals surface area (Å²) >= 11 is 1.72. The summed E-state index contributed by atoms with van der Waals surface area (Å²) < 4.78 is 1.28. The van der Waals surface area contributed by atoms with Crippen molar-refractivity contribution >= 4 is 27.1 Å². The Hall–Kier alpha value is -1.35. The van der Waals surface area contributed by atoms with Crippen molar-refractivity contribution in [3.8, 4) is 0 Å². The van der Waals surface area contributed by atoms with Crippen LogP contribution in [0.3, 0.4) is 0 Å². The van der Waals surface area contributed by atoms with Gasteiger partial charge in [-0.3, -0.25) is 0 Å². The van der Waals surface area contributed by atoms with Gasteiger partial charge in [0.1, 0.15) is 0 Å². The van der Waals surface area contributed by atoms with Gasteiger partial charge in [0.05, 0.1) is 10.6 Å². The van der Waals surface area contributed by atoms with Crippen LogP contribution < -0.4 is 5.84 Å². The number of hydrogen-bond acceptors (Lipinski definition) is 3. The number of nitrogens with two attached hydrogens (primary N) is 1. The minimum absolute atomic E-state index is 0.890. The van der Waals surface area contributed by atoms with Gasteiger partial charge in [0.25, 0.3) is 0 Å². The smallest absolute Gasteiger partial charge is 0.0741 e. The summed E-state index contributed by atoms with van der Waals surface area (Å²) in [7, 11) is 0. The first-order valence-corrected chi connectivity index (χ1v) is 4.86. The van der Waals surface area contributed by atoms with Crippen LogP contribution in [0.5, 0.6) is 0 Å². The van der Waals surface area contributed by atoms with Crippen LogP contribution in [0.15, 0.2) is 35.4 Å². The van der Waals surface area contributed by atoms with E-state index in [0.29, 0.717) is 0 Å². The first-order chi connectivity index (χ1) is 6.31. The van der Waals surface area contributed by atoms with Gasteiger partial charge in [-0.2, -0.15) is 5.10 Å². The Labute approximate surface area is 80.7 Å². The van der Waals surface area contributed by atoms with Gasteiger partial charge in [-0.1, -0.05) is 18.2 Å². The second kappa shape index (κ2) is 3.18. The predicted octanol–water partition coefficient (Wildman–Crippen LogP) is 2.58. The van der Waals surface area contributed by atoms with Gasteiger partial charge in [0.2, 0.25) is 0 Å². The first-order valence-electron chi connectivity index (χ1n) is 4.04. The average Bonchev–Trinajstić information content (AvgIpc) is 2.59. The van der Waals surface area contributed by atoms with Gasteiger partial charge >= 0.3 is 0 Å². The summed E-state index contributed by atoms with van der Waals surface area (Å²) in [6.45, 7) is 1.92. The van der Waals surface area contributed by atoms with E-state index in [2.05, 4.69) is 23.3 Å². The Balaban J connectivity index is 2.62. The fraction of sp³-hybridized carbons (Fsp3) is 0.100. The minimum Gasteiger partial charge on any atom is -0.323 e. The number of fused-ring (bicyclic) bond motifs is 1. The molecule has 2 nitrogen and oxygen atoms in total. The average molecular weight is 190 g/mol. The third-order valence-corrected chi connectivity index (χ3v) is 3.20. The lowest BCUT2D eigenvalue weighted by Crippen LogP contribution is -1.94. The lowest BCUT2D eigenvalue weighted by atomic mass is 10.2. The summed E-state index contributed by atoms with van der Waals surface area (Å²) in [4.78, 5) is 1.14. The van der Waals surface area contributed by atoms with Gasteiger partial charge < -0.3 is 5.84 Å². The molecule has 0 amide bonds. The zero-order valence-corrected chi connectivity index (χ0v) is 8.14. The normalized spacial score (nSPS) is 12.2. The molecule has 66 valence electrons. The lowest BCUT2D eigenvalue weighted by Gasteiger charge is -1.88. The van der Waals surface area contributed by atoms with Gasteiger partial charge in [0, 0.05) is 4.70 Å². The maximum atomic E-state index is 5.22. The maximum absolute atomic E-state index is 5.22. The molecule has 1 heterocycles. The second-order valence-electron chi connectivity index (χ2n) is 2.86. The SMILES string of the molecule is C/C(=N\N)c1cc2ccccc2s1. The molecule has 0 saturated carbocycles. The highest BCUT2D eigenvalue weighted by atomic mass is 32.1. The molecule has 2 aromatic rings. The van der Waals surface area contributed by atoms with Crippen molar-refractivity contribution in [3.63, 3.8) is 0 Å². The van der Waals surface area contributed by atoms with Crippen LogP contribution in [0.4, 0.5) is 0 Å². The Bertz CT molecular complexity index is 424. The Morgan fingerprint density at radius 1 is 1.38 bits per heavy atom. The molecule has 1 aromatic heterocycles. The topological polar surface area (TPSA) is 38.4 Å². The van der Waals surface area contributed by atoms with E-state index in [1.54, 1.807) is 11.3 Å². The molecule has 0 spiro atoms. The van der Waals surface area contributed by atoms with E-state index in [1.807, 2.05) is 19.1 Å². The van der Waals surface area contributed by atoms with E-state index in [-0.39, 0.29) is 0 Å². The van der Waals surface area contributed by atoms with Crippen molar-refractivity contribution < 1.29 is 0 Å². The molecule has 1 aromatic carbocycles. The van der Waals surface area contributed by atoms with Crippen molar-refractivity contribution in [1.82, 2.24) is 0 Å². The minimum atomic E-state index is 0.890. The molecule has 0 unspecified atom stereocenters.